The molecule has 2 aromatic carbocycles. The normalized spacial score (nSPS) is 10.6. The summed E-state index contributed by atoms with van der Waals surface area (Å²) in [4.78, 5) is 10.4. The van der Waals surface area contributed by atoms with Gasteiger partial charge in [0.25, 0.3) is 0 Å². The number of nitro groups is 1. The van der Waals surface area contributed by atoms with E-state index in [1.807, 2.05) is 12.1 Å². The highest BCUT2D eigenvalue weighted by Crippen LogP contribution is 2.31. The number of nitro benzene ring substituents is 1. The van der Waals surface area contributed by atoms with Crippen molar-refractivity contribution in [2.24, 2.45) is 0 Å². The zero-order valence-electron chi connectivity index (χ0n) is 10.1. The van der Waals surface area contributed by atoms with E-state index in [9.17, 15) is 10.1 Å². The lowest BCUT2D eigenvalue weighted by molar-refractivity contribution is -0.383. The lowest BCUT2D eigenvalue weighted by atomic mass is 10.2. The number of hydrogen-bond donors (Lipinski definition) is 2. The molecule has 0 fully saturated rings. The molecule has 3 rings (SSSR count). The maximum atomic E-state index is 10.9. The number of nitrogens with zero attached hydrogens (tertiary/aromatic N) is 3. The third-order valence-electron chi connectivity index (χ3n) is 2.82. The molecule has 0 saturated heterocycles. The van der Waals surface area contributed by atoms with Crippen LogP contribution in [0.3, 0.4) is 0 Å². The molecule has 0 amide bonds. The van der Waals surface area contributed by atoms with Crippen molar-refractivity contribution >= 4 is 33.8 Å². The van der Waals surface area contributed by atoms with Crippen LogP contribution in [0.2, 0.25) is 0 Å². The maximum Gasteiger partial charge on any atom is 0.300 e. The van der Waals surface area contributed by atoms with Crippen molar-refractivity contribution in [3.8, 4) is 0 Å². The molecule has 3 aromatic rings. The predicted octanol–water partition coefficient (Wildman–Crippen LogP) is 2.46. The molecule has 0 atom stereocenters. The fraction of sp³-hybridized carbons (Fsp3) is 0. The Morgan fingerprint density at radius 1 is 1.10 bits per heavy atom. The van der Waals surface area contributed by atoms with Gasteiger partial charge in [0.15, 0.2) is 5.52 Å². The second-order valence-corrected chi connectivity index (χ2v) is 4.06. The van der Waals surface area contributed by atoms with Crippen LogP contribution < -0.4 is 11.1 Å². The highest BCUT2D eigenvalue weighted by molar-refractivity contribution is 5.95. The van der Waals surface area contributed by atoms with Crippen LogP contribution in [-0.4, -0.2) is 15.2 Å². The molecule has 8 heteroatoms. The summed E-state index contributed by atoms with van der Waals surface area (Å²) in [6.07, 6.45) is 0. The Balaban J connectivity index is 2.10. The minimum absolute atomic E-state index is 0.0921. The second-order valence-electron chi connectivity index (χ2n) is 4.06. The number of fused-ring (bicyclic) bond motifs is 1. The van der Waals surface area contributed by atoms with Crippen LogP contribution >= 0.6 is 0 Å². The first-order chi connectivity index (χ1) is 9.66. The number of anilines is 3. The van der Waals surface area contributed by atoms with Crippen LogP contribution in [0.4, 0.5) is 22.7 Å². The Labute approximate surface area is 112 Å². The van der Waals surface area contributed by atoms with Crippen LogP contribution in [-0.2, 0) is 0 Å². The van der Waals surface area contributed by atoms with Gasteiger partial charge < -0.3 is 11.1 Å². The van der Waals surface area contributed by atoms with Gasteiger partial charge in [0.05, 0.1) is 22.0 Å². The summed E-state index contributed by atoms with van der Waals surface area (Å²) in [5, 5.41) is 21.2. The van der Waals surface area contributed by atoms with Crippen molar-refractivity contribution in [2.45, 2.75) is 0 Å². The van der Waals surface area contributed by atoms with E-state index >= 15 is 0 Å². The topological polar surface area (TPSA) is 120 Å². The lowest BCUT2D eigenvalue weighted by Crippen LogP contribution is -1.97. The van der Waals surface area contributed by atoms with Crippen molar-refractivity contribution in [1.82, 2.24) is 10.3 Å². The molecule has 0 bridgehead atoms. The number of nitrogens with one attached hydrogen (secondary N) is 1. The van der Waals surface area contributed by atoms with E-state index in [1.165, 1.54) is 12.1 Å². The molecule has 0 aliphatic heterocycles. The highest BCUT2D eigenvalue weighted by atomic mass is 16.6. The van der Waals surface area contributed by atoms with Gasteiger partial charge in [-0.05, 0) is 28.5 Å². The van der Waals surface area contributed by atoms with Gasteiger partial charge in [0.1, 0.15) is 0 Å². The van der Waals surface area contributed by atoms with Crippen molar-refractivity contribution in [2.75, 3.05) is 11.1 Å². The maximum absolute atomic E-state index is 10.9. The minimum Gasteiger partial charge on any atom is -0.397 e. The third-order valence-corrected chi connectivity index (χ3v) is 2.82. The average molecular weight is 271 g/mol. The van der Waals surface area contributed by atoms with E-state index in [-0.39, 0.29) is 16.7 Å². The van der Waals surface area contributed by atoms with Crippen molar-refractivity contribution in [3.05, 3.63) is 46.5 Å². The number of para-hydroxylation sites is 2. The number of aromatic nitrogens is 2. The summed E-state index contributed by atoms with van der Waals surface area (Å²) in [5.74, 6) is 0. The number of rotatable bonds is 3. The summed E-state index contributed by atoms with van der Waals surface area (Å²) < 4.78 is 4.59. The number of nitrogen functional groups attached to an aromatic ring is 1. The van der Waals surface area contributed by atoms with Crippen LogP contribution in [0.1, 0.15) is 0 Å². The molecule has 0 aliphatic rings. The van der Waals surface area contributed by atoms with Gasteiger partial charge in [-0.2, -0.15) is 0 Å². The molecule has 100 valence electrons. The first kappa shape index (κ1) is 11.9. The van der Waals surface area contributed by atoms with Crippen LogP contribution in [0.15, 0.2) is 41.0 Å². The first-order valence-electron chi connectivity index (χ1n) is 5.68. The Morgan fingerprint density at radius 3 is 2.60 bits per heavy atom. The standard InChI is InChI=1S/C12H9N5O3/c13-7-3-1-2-4-8(7)14-9-5-6-10(17(18)19)12-11(9)15-20-16-12/h1-6,14H,13H2. The molecular formula is C12H9N5O3. The fourth-order valence-corrected chi connectivity index (χ4v) is 1.86. The lowest BCUT2D eigenvalue weighted by Gasteiger charge is -2.08. The molecule has 1 heterocycles. The van der Waals surface area contributed by atoms with Crippen molar-refractivity contribution in [1.29, 1.82) is 0 Å². The highest BCUT2D eigenvalue weighted by Gasteiger charge is 2.19. The average Bonchev–Trinajstić information content (AvgIpc) is 2.90. The molecule has 0 radical (unpaired) electrons. The number of nitrogens with two attached hydrogens (primary N) is 1. The largest absolute Gasteiger partial charge is 0.397 e. The van der Waals surface area contributed by atoms with E-state index in [1.54, 1.807) is 12.1 Å². The minimum atomic E-state index is -0.535. The third kappa shape index (κ3) is 1.88. The van der Waals surface area contributed by atoms with Gasteiger partial charge in [0.2, 0.25) is 5.52 Å². The molecular weight excluding hydrogens is 262 g/mol. The van der Waals surface area contributed by atoms with Gasteiger partial charge in [-0.1, -0.05) is 12.1 Å². The van der Waals surface area contributed by atoms with Gasteiger partial charge in [0, 0.05) is 6.07 Å². The molecule has 3 N–H and O–H groups in total. The van der Waals surface area contributed by atoms with Gasteiger partial charge in [-0.15, -0.1) is 0 Å². The molecule has 1 aromatic heterocycles. The molecule has 0 unspecified atom stereocenters. The fourth-order valence-electron chi connectivity index (χ4n) is 1.86. The van der Waals surface area contributed by atoms with Crippen LogP contribution in [0, 0.1) is 10.1 Å². The SMILES string of the molecule is Nc1ccccc1Nc1ccc([N+](=O)[O-])c2nonc12. The smallest absolute Gasteiger partial charge is 0.300 e. The zero-order valence-corrected chi connectivity index (χ0v) is 10.1. The summed E-state index contributed by atoms with van der Waals surface area (Å²) in [6.45, 7) is 0. The summed E-state index contributed by atoms with van der Waals surface area (Å²) >= 11 is 0. The predicted molar refractivity (Wildman–Crippen MR) is 72.6 cm³/mol. The zero-order chi connectivity index (χ0) is 14.1. The Hall–Kier alpha value is -3.16. The summed E-state index contributed by atoms with van der Waals surface area (Å²) in [5.41, 5.74) is 7.80. The van der Waals surface area contributed by atoms with E-state index < -0.39 is 4.92 Å². The molecule has 0 saturated carbocycles. The van der Waals surface area contributed by atoms with E-state index in [0.29, 0.717) is 17.1 Å². The Bertz CT molecular complexity index is 799. The van der Waals surface area contributed by atoms with Gasteiger partial charge >= 0.3 is 5.69 Å². The van der Waals surface area contributed by atoms with E-state index in [0.717, 1.165) is 0 Å². The van der Waals surface area contributed by atoms with Crippen LogP contribution in [0.5, 0.6) is 0 Å². The quantitative estimate of drug-likeness (QED) is 0.426. The number of non-ortho nitro benzene ring substituents is 1. The van der Waals surface area contributed by atoms with E-state index in [4.69, 9.17) is 5.73 Å². The van der Waals surface area contributed by atoms with Gasteiger partial charge in [-0.25, -0.2) is 4.63 Å². The molecule has 0 spiro atoms. The van der Waals surface area contributed by atoms with E-state index in [2.05, 4.69) is 20.3 Å². The Kier molecular flexibility index (Phi) is 2.68. The number of benzene rings is 2. The monoisotopic (exact) mass is 271 g/mol. The van der Waals surface area contributed by atoms with Crippen molar-refractivity contribution < 1.29 is 9.55 Å². The molecule has 20 heavy (non-hydrogen) atoms. The Morgan fingerprint density at radius 2 is 1.85 bits per heavy atom. The summed E-state index contributed by atoms with van der Waals surface area (Å²) in [7, 11) is 0. The molecule has 0 aliphatic carbocycles. The van der Waals surface area contributed by atoms with Crippen molar-refractivity contribution in [3.63, 3.8) is 0 Å². The summed E-state index contributed by atoms with van der Waals surface area (Å²) in [6, 6.07) is 10.0. The second kappa shape index (κ2) is 4.50. The van der Waals surface area contributed by atoms with Gasteiger partial charge in [-0.3, -0.25) is 10.1 Å². The number of hydrogen-bond acceptors (Lipinski definition) is 7. The van der Waals surface area contributed by atoms with Crippen LogP contribution in [0.25, 0.3) is 11.0 Å². The molecule has 8 nitrogen and oxygen atoms in total. The first-order valence-corrected chi connectivity index (χ1v) is 5.68.